The van der Waals surface area contributed by atoms with Gasteiger partial charge < -0.3 is 4.98 Å². The summed E-state index contributed by atoms with van der Waals surface area (Å²) in [5, 5.41) is 0. The number of aromatic nitrogens is 1. The number of rotatable bonds is 1. The molecule has 2 aromatic carbocycles. The Bertz CT molecular complexity index is 581. The van der Waals surface area contributed by atoms with Crippen LogP contribution in [0.4, 0.5) is 0 Å². The van der Waals surface area contributed by atoms with E-state index in [1.54, 1.807) is 6.20 Å². The topological polar surface area (TPSA) is 12.9 Å². The van der Waals surface area contributed by atoms with Crippen molar-refractivity contribution in [2.75, 3.05) is 0 Å². The molecule has 1 heterocycles. The molecule has 0 aliphatic carbocycles. The zero-order chi connectivity index (χ0) is 14.2. The molecule has 0 spiro atoms. The van der Waals surface area contributed by atoms with Gasteiger partial charge in [-0.25, -0.2) is 0 Å². The quantitative estimate of drug-likeness (QED) is 0.491. The van der Waals surface area contributed by atoms with E-state index in [-0.39, 0.29) is 20.1 Å². The van der Waals surface area contributed by atoms with E-state index in [9.17, 15) is 0 Å². The van der Waals surface area contributed by atoms with Gasteiger partial charge in [-0.05, 0) is 11.8 Å². The van der Waals surface area contributed by atoms with E-state index in [0.29, 0.717) is 0 Å². The molecule has 0 aliphatic rings. The molecule has 0 unspecified atom stereocenters. The van der Waals surface area contributed by atoms with E-state index in [4.69, 9.17) is 0 Å². The van der Waals surface area contributed by atoms with Crippen LogP contribution in [0, 0.1) is 26.0 Å². The van der Waals surface area contributed by atoms with E-state index in [0.717, 1.165) is 11.3 Å². The van der Waals surface area contributed by atoms with Gasteiger partial charge in [0, 0.05) is 26.3 Å². The molecule has 0 bridgehead atoms. The molecular formula is C19H17IrN-2. The Morgan fingerprint density at radius 1 is 0.857 bits per heavy atom. The van der Waals surface area contributed by atoms with Gasteiger partial charge in [0.1, 0.15) is 0 Å². The molecule has 3 aromatic rings. The van der Waals surface area contributed by atoms with Crippen LogP contribution in [0.1, 0.15) is 11.1 Å². The predicted octanol–water partition coefficient (Wildman–Crippen LogP) is 4.65. The minimum Gasteiger partial charge on any atom is -0.305 e. The van der Waals surface area contributed by atoms with Gasteiger partial charge in [-0.3, -0.25) is 0 Å². The second-order valence-electron chi connectivity index (χ2n) is 4.54. The minimum absolute atomic E-state index is 0. The van der Waals surface area contributed by atoms with Gasteiger partial charge in [-0.2, -0.15) is 35.4 Å². The smallest absolute Gasteiger partial charge is 0.0160 e. The maximum Gasteiger partial charge on any atom is 0.0160 e. The van der Waals surface area contributed by atoms with E-state index in [1.807, 2.05) is 61.5 Å². The van der Waals surface area contributed by atoms with Crippen LogP contribution in [0.5, 0.6) is 0 Å². The largest absolute Gasteiger partial charge is 0.305 e. The number of nitrogens with zero attached hydrogens (tertiary/aromatic N) is 1. The summed E-state index contributed by atoms with van der Waals surface area (Å²) >= 11 is 0. The SMILES string of the molecule is Cc1[c-]ccc(C)c1.[Ir].[c-]1ccccc1-c1ccccn1. The zero-order valence-electron chi connectivity index (χ0n) is 12.1. The third kappa shape index (κ3) is 6.03. The monoisotopic (exact) mass is 452 g/mol. The summed E-state index contributed by atoms with van der Waals surface area (Å²) < 4.78 is 0. The van der Waals surface area contributed by atoms with Crippen LogP contribution in [0.2, 0.25) is 0 Å². The molecule has 0 atom stereocenters. The van der Waals surface area contributed by atoms with Crippen molar-refractivity contribution in [2.45, 2.75) is 13.8 Å². The van der Waals surface area contributed by atoms with Gasteiger partial charge in [0.05, 0.1) is 0 Å². The minimum atomic E-state index is 0. The Balaban J connectivity index is 0.000000216. The molecule has 0 amide bonds. The first-order valence-corrected chi connectivity index (χ1v) is 6.59. The van der Waals surface area contributed by atoms with Gasteiger partial charge >= 0.3 is 0 Å². The van der Waals surface area contributed by atoms with Crippen LogP contribution in [0.3, 0.4) is 0 Å². The fourth-order valence-corrected chi connectivity index (χ4v) is 1.81. The second-order valence-corrected chi connectivity index (χ2v) is 4.54. The summed E-state index contributed by atoms with van der Waals surface area (Å²) in [5.41, 5.74) is 4.53. The summed E-state index contributed by atoms with van der Waals surface area (Å²) in [6, 6.07) is 26.0. The normalized spacial score (nSPS) is 9.05. The average molecular weight is 452 g/mol. The van der Waals surface area contributed by atoms with Crippen LogP contribution >= 0.6 is 0 Å². The van der Waals surface area contributed by atoms with Crippen LogP contribution in [-0.4, -0.2) is 4.98 Å². The Kier molecular flexibility index (Phi) is 7.60. The van der Waals surface area contributed by atoms with Crippen LogP contribution in [-0.2, 0) is 20.1 Å². The first kappa shape index (κ1) is 17.3. The maximum absolute atomic E-state index is 4.22. The van der Waals surface area contributed by atoms with E-state index in [2.05, 4.69) is 30.1 Å². The summed E-state index contributed by atoms with van der Waals surface area (Å²) in [6.07, 6.45) is 1.79. The first-order valence-electron chi connectivity index (χ1n) is 6.59. The third-order valence-electron chi connectivity index (χ3n) is 2.75. The molecule has 109 valence electrons. The Morgan fingerprint density at radius 3 is 2.19 bits per heavy atom. The average Bonchev–Trinajstić information content (AvgIpc) is 2.49. The van der Waals surface area contributed by atoms with Crippen molar-refractivity contribution in [1.82, 2.24) is 4.98 Å². The number of hydrogen-bond donors (Lipinski definition) is 0. The fraction of sp³-hybridized carbons (Fsp3) is 0.105. The molecule has 2 heteroatoms. The molecule has 0 saturated heterocycles. The Morgan fingerprint density at radius 2 is 1.67 bits per heavy atom. The van der Waals surface area contributed by atoms with Crippen molar-refractivity contribution in [3.8, 4) is 11.3 Å². The summed E-state index contributed by atoms with van der Waals surface area (Å²) in [7, 11) is 0. The molecule has 0 N–H and O–H groups in total. The Hall–Kier alpha value is -1.76. The second kappa shape index (κ2) is 9.23. The predicted molar refractivity (Wildman–Crippen MR) is 83.3 cm³/mol. The zero-order valence-corrected chi connectivity index (χ0v) is 14.5. The molecule has 0 aliphatic heterocycles. The molecule has 21 heavy (non-hydrogen) atoms. The number of pyridine rings is 1. The molecular weight excluding hydrogens is 434 g/mol. The maximum atomic E-state index is 4.22. The molecule has 1 nitrogen and oxygen atoms in total. The standard InChI is InChI=1S/C11H8N.C8H9.Ir/c1-2-6-10(7-3-1)11-8-4-5-9-12-11;1-7-4-3-5-8(2)6-7;/h1-6,8-9H;3-4,6H,1-2H3;/q2*-1;. The number of benzene rings is 2. The molecule has 1 radical (unpaired) electrons. The molecule has 3 rings (SSSR count). The van der Waals surface area contributed by atoms with Crippen LogP contribution < -0.4 is 0 Å². The van der Waals surface area contributed by atoms with Crippen molar-refractivity contribution in [3.05, 3.63) is 90.1 Å². The van der Waals surface area contributed by atoms with Crippen molar-refractivity contribution < 1.29 is 20.1 Å². The number of hydrogen-bond acceptors (Lipinski definition) is 1. The molecule has 0 saturated carbocycles. The summed E-state index contributed by atoms with van der Waals surface area (Å²) in [6.45, 7) is 4.13. The molecule has 1 aromatic heterocycles. The van der Waals surface area contributed by atoms with E-state index >= 15 is 0 Å². The van der Waals surface area contributed by atoms with E-state index < -0.39 is 0 Å². The van der Waals surface area contributed by atoms with E-state index in [1.165, 1.54) is 11.1 Å². The van der Waals surface area contributed by atoms with Gasteiger partial charge in [0.25, 0.3) is 0 Å². The molecule has 0 fully saturated rings. The number of aryl methyl sites for hydroxylation is 2. The van der Waals surface area contributed by atoms with Gasteiger partial charge in [-0.15, -0.1) is 35.9 Å². The van der Waals surface area contributed by atoms with Gasteiger partial charge in [0.2, 0.25) is 0 Å². The van der Waals surface area contributed by atoms with Crippen molar-refractivity contribution in [2.24, 2.45) is 0 Å². The third-order valence-corrected chi connectivity index (χ3v) is 2.75. The van der Waals surface area contributed by atoms with Crippen molar-refractivity contribution in [3.63, 3.8) is 0 Å². The van der Waals surface area contributed by atoms with Crippen molar-refractivity contribution >= 4 is 0 Å². The van der Waals surface area contributed by atoms with Gasteiger partial charge in [0.15, 0.2) is 0 Å². The van der Waals surface area contributed by atoms with Crippen LogP contribution in [0.25, 0.3) is 11.3 Å². The van der Waals surface area contributed by atoms with Gasteiger partial charge in [-0.1, -0.05) is 26.0 Å². The van der Waals surface area contributed by atoms with Crippen LogP contribution in [0.15, 0.2) is 66.9 Å². The Labute approximate surface area is 140 Å². The fourth-order valence-electron chi connectivity index (χ4n) is 1.81. The summed E-state index contributed by atoms with van der Waals surface area (Å²) in [5.74, 6) is 0. The van der Waals surface area contributed by atoms with Crippen molar-refractivity contribution in [1.29, 1.82) is 0 Å². The first-order chi connectivity index (χ1) is 9.75. The summed E-state index contributed by atoms with van der Waals surface area (Å²) in [4.78, 5) is 4.22.